The molecule has 0 N–H and O–H groups in total. The topological polar surface area (TPSA) is 47.4 Å². The first kappa shape index (κ1) is 18.6. The van der Waals surface area contributed by atoms with Crippen LogP contribution in [0, 0.1) is 11.7 Å². The van der Waals surface area contributed by atoms with Gasteiger partial charge in [0.2, 0.25) is 5.91 Å². The van der Waals surface area contributed by atoms with Crippen LogP contribution in [0.5, 0.6) is 0 Å². The molecule has 26 heavy (non-hydrogen) atoms. The molecule has 140 valence electrons. The van der Waals surface area contributed by atoms with Gasteiger partial charge in [-0.25, -0.2) is 9.37 Å². The quantitative estimate of drug-likeness (QED) is 0.764. The summed E-state index contributed by atoms with van der Waals surface area (Å²) in [6, 6.07) is 6.89. The average molecular weight is 359 g/mol. The van der Waals surface area contributed by atoms with Gasteiger partial charge in [-0.2, -0.15) is 0 Å². The first-order valence-corrected chi connectivity index (χ1v) is 9.17. The molecule has 0 saturated carbocycles. The lowest BCUT2D eigenvalue weighted by atomic mass is 9.87. The Morgan fingerprint density at radius 2 is 2.23 bits per heavy atom. The van der Waals surface area contributed by atoms with Crippen LogP contribution in [0.2, 0.25) is 0 Å². The molecule has 2 heterocycles. The van der Waals surface area contributed by atoms with Crippen molar-refractivity contribution >= 4 is 5.91 Å². The van der Waals surface area contributed by atoms with Crippen LogP contribution >= 0.6 is 0 Å². The van der Waals surface area contributed by atoms with E-state index in [1.165, 1.54) is 6.07 Å². The molecule has 3 rings (SSSR count). The summed E-state index contributed by atoms with van der Waals surface area (Å²) in [4.78, 5) is 18.4. The summed E-state index contributed by atoms with van der Waals surface area (Å²) in [6.45, 7) is 2.09. The molecule has 0 spiro atoms. The number of carbonyl (C=O) groups excluding carboxylic acids is 1. The Morgan fingerprint density at radius 3 is 2.96 bits per heavy atom. The Labute approximate surface area is 153 Å². The van der Waals surface area contributed by atoms with Crippen molar-refractivity contribution in [3.8, 4) is 0 Å². The average Bonchev–Trinajstić information content (AvgIpc) is 3.17. The second kappa shape index (κ2) is 8.94. The normalized spacial score (nSPS) is 20.3. The number of carbonyl (C=O) groups is 1. The highest BCUT2D eigenvalue weighted by Crippen LogP contribution is 2.25. The fourth-order valence-electron chi connectivity index (χ4n) is 3.63. The molecule has 0 aliphatic carbocycles. The van der Waals surface area contributed by atoms with Crippen LogP contribution in [0.15, 0.2) is 43.0 Å². The predicted octanol–water partition coefficient (Wildman–Crippen LogP) is 2.91. The molecule has 1 aliphatic heterocycles. The number of piperidine rings is 1. The van der Waals surface area contributed by atoms with Crippen LogP contribution in [0.3, 0.4) is 0 Å². The first-order chi connectivity index (χ1) is 12.7. The van der Waals surface area contributed by atoms with Gasteiger partial charge in [-0.1, -0.05) is 18.2 Å². The lowest BCUT2D eigenvalue weighted by Gasteiger charge is -2.38. The number of methoxy groups -OCH3 is 1. The van der Waals surface area contributed by atoms with Crippen LogP contribution in [0.1, 0.15) is 24.8 Å². The Hall–Kier alpha value is -2.21. The molecule has 5 nitrogen and oxygen atoms in total. The molecule has 0 bridgehead atoms. The van der Waals surface area contributed by atoms with Crippen LogP contribution in [0.25, 0.3) is 0 Å². The highest BCUT2D eigenvalue weighted by atomic mass is 19.1. The highest BCUT2D eigenvalue weighted by molar-refractivity contribution is 5.76. The van der Waals surface area contributed by atoms with Crippen LogP contribution in [0.4, 0.5) is 4.39 Å². The molecule has 0 unspecified atom stereocenters. The van der Waals surface area contributed by atoms with E-state index in [1.807, 2.05) is 27.8 Å². The summed E-state index contributed by atoms with van der Waals surface area (Å²) in [6.07, 6.45) is 8.15. The van der Waals surface area contributed by atoms with E-state index in [9.17, 15) is 9.18 Å². The van der Waals surface area contributed by atoms with E-state index in [-0.39, 0.29) is 23.7 Å². The minimum Gasteiger partial charge on any atom is -0.379 e. The van der Waals surface area contributed by atoms with Crippen molar-refractivity contribution in [3.05, 3.63) is 54.4 Å². The van der Waals surface area contributed by atoms with Crippen molar-refractivity contribution in [2.45, 2.75) is 38.3 Å². The number of likely N-dealkylation sites (tertiary alicyclic amines) is 1. The fourth-order valence-corrected chi connectivity index (χ4v) is 3.63. The molecular formula is C20H26FN3O2. The smallest absolute Gasteiger partial charge is 0.222 e. The zero-order valence-electron chi connectivity index (χ0n) is 15.2. The second-order valence-electron chi connectivity index (χ2n) is 6.86. The van der Waals surface area contributed by atoms with Gasteiger partial charge in [-0.15, -0.1) is 0 Å². The van der Waals surface area contributed by atoms with Crippen LogP contribution in [-0.2, 0) is 22.5 Å². The molecule has 2 aromatic rings. The summed E-state index contributed by atoms with van der Waals surface area (Å²) in [7, 11) is 1.67. The number of nitrogens with zero attached hydrogens (tertiary/aromatic N) is 3. The number of amides is 1. The maximum atomic E-state index is 13.9. The van der Waals surface area contributed by atoms with Crippen molar-refractivity contribution in [2.75, 3.05) is 20.2 Å². The number of halogens is 1. The van der Waals surface area contributed by atoms with Gasteiger partial charge < -0.3 is 14.2 Å². The summed E-state index contributed by atoms with van der Waals surface area (Å²) >= 11 is 0. The maximum Gasteiger partial charge on any atom is 0.222 e. The summed E-state index contributed by atoms with van der Waals surface area (Å²) in [5, 5.41) is 0. The highest BCUT2D eigenvalue weighted by Gasteiger charge is 2.31. The standard InChI is InChI=1S/C20H26FN3O2/c1-26-19-14-24(20(25)7-4-10-23-12-9-22-15-23)11-8-17(19)13-16-5-2-3-6-18(16)21/h2-3,5-6,9,12,15,17,19H,4,7-8,10-11,13-14H2,1H3/t17-,19+/m1/s1. The largest absolute Gasteiger partial charge is 0.379 e. The number of rotatable bonds is 7. The Morgan fingerprint density at radius 1 is 1.38 bits per heavy atom. The number of aromatic nitrogens is 2. The number of hydrogen-bond donors (Lipinski definition) is 0. The van der Waals surface area contributed by atoms with Crippen molar-refractivity contribution in [1.82, 2.24) is 14.5 Å². The first-order valence-electron chi connectivity index (χ1n) is 9.17. The zero-order chi connectivity index (χ0) is 18.4. The summed E-state index contributed by atoms with van der Waals surface area (Å²) in [5.41, 5.74) is 0.722. The second-order valence-corrected chi connectivity index (χ2v) is 6.86. The number of hydrogen-bond acceptors (Lipinski definition) is 3. The van der Waals surface area contributed by atoms with Gasteiger partial charge in [0.15, 0.2) is 0 Å². The third kappa shape index (κ3) is 4.69. The van der Waals surface area contributed by atoms with Gasteiger partial charge in [0.1, 0.15) is 5.82 Å². The van der Waals surface area contributed by atoms with E-state index in [2.05, 4.69) is 4.98 Å². The SMILES string of the molecule is CO[C@H]1CN(C(=O)CCCn2ccnc2)CC[C@@H]1Cc1ccccc1F. The molecule has 1 fully saturated rings. The summed E-state index contributed by atoms with van der Waals surface area (Å²) < 4.78 is 21.5. The molecule has 0 radical (unpaired) electrons. The van der Waals surface area contributed by atoms with Gasteiger partial charge in [-0.05, 0) is 36.8 Å². The Kier molecular flexibility index (Phi) is 6.39. The molecule has 1 aliphatic rings. The lowest BCUT2D eigenvalue weighted by molar-refractivity contribution is -0.136. The third-order valence-electron chi connectivity index (χ3n) is 5.16. The van der Waals surface area contributed by atoms with Gasteiger partial charge in [0.05, 0.1) is 12.4 Å². The maximum absolute atomic E-state index is 13.9. The van der Waals surface area contributed by atoms with E-state index in [4.69, 9.17) is 4.74 Å². The van der Waals surface area contributed by atoms with Gasteiger partial charge in [0, 0.05) is 45.6 Å². The Bertz CT molecular complexity index is 705. The van der Waals surface area contributed by atoms with Gasteiger partial charge in [-0.3, -0.25) is 4.79 Å². The van der Waals surface area contributed by atoms with Crippen LogP contribution < -0.4 is 0 Å². The van der Waals surface area contributed by atoms with E-state index < -0.39 is 0 Å². The Balaban J connectivity index is 1.50. The van der Waals surface area contributed by atoms with E-state index in [0.717, 1.165) is 24.9 Å². The van der Waals surface area contributed by atoms with Crippen molar-refractivity contribution in [2.24, 2.45) is 5.92 Å². The minimum absolute atomic E-state index is 0.0547. The number of imidazole rings is 1. The molecule has 6 heteroatoms. The molecular weight excluding hydrogens is 333 g/mol. The van der Waals surface area contributed by atoms with E-state index in [0.29, 0.717) is 25.9 Å². The third-order valence-corrected chi connectivity index (χ3v) is 5.16. The molecule has 1 amide bonds. The minimum atomic E-state index is -0.166. The number of ether oxygens (including phenoxy) is 1. The van der Waals surface area contributed by atoms with Crippen molar-refractivity contribution < 1.29 is 13.9 Å². The van der Waals surface area contributed by atoms with Crippen LogP contribution in [-0.4, -0.2) is 46.7 Å². The predicted molar refractivity (Wildman–Crippen MR) is 97.0 cm³/mol. The van der Waals surface area contributed by atoms with Crippen molar-refractivity contribution in [1.29, 1.82) is 0 Å². The molecule has 2 atom stereocenters. The monoisotopic (exact) mass is 359 g/mol. The van der Waals surface area contributed by atoms with Gasteiger partial charge >= 0.3 is 0 Å². The molecule has 1 aromatic carbocycles. The number of benzene rings is 1. The molecule has 1 saturated heterocycles. The number of aryl methyl sites for hydroxylation is 1. The molecule has 1 aromatic heterocycles. The van der Waals surface area contributed by atoms with Gasteiger partial charge in [0.25, 0.3) is 0 Å². The summed E-state index contributed by atoms with van der Waals surface area (Å²) in [5.74, 6) is 0.226. The van der Waals surface area contributed by atoms with E-state index in [1.54, 1.807) is 25.7 Å². The lowest BCUT2D eigenvalue weighted by Crippen LogP contribution is -2.48. The van der Waals surface area contributed by atoms with E-state index >= 15 is 0 Å². The fraction of sp³-hybridized carbons (Fsp3) is 0.500. The van der Waals surface area contributed by atoms with Crippen molar-refractivity contribution in [3.63, 3.8) is 0 Å². The zero-order valence-corrected chi connectivity index (χ0v) is 15.2.